The van der Waals surface area contributed by atoms with E-state index in [4.69, 9.17) is 4.74 Å². The molecule has 0 amide bonds. The van der Waals surface area contributed by atoms with E-state index in [0.717, 1.165) is 46.1 Å². The molecule has 0 atom stereocenters. The van der Waals surface area contributed by atoms with Gasteiger partial charge in [-0.2, -0.15) is 10.2 Å². The van der Waals surface area contributed by atoms with Crippen molar-refractivity contribution < 1.29 is 4.74 Å². The third-order valence-electron chi connectivity index (χ3n) is 4.45. The summed E-state index contributed by atoms with van der Waals surface area (Å²) >= 11 is 0. The van der Waals surface area contributed by atoms with Gasteiger partial charge in [0.05, 0.1) is 24.4 Å². The molecule has 0 radical (unpaired) electrons. The van der Waals surface area contributed by atoms with Crippen molar-refractivity contribution in [2.24, 2.45) is 14.1 Å². The molecular weight excluding hydrogens is 342 g/mol. The number of hydrogen-bond donors (Lipinski definition) is 1. The van der Waals surface area contributed by atoms with E-state index >= 15 is 0 Å². The molecule has 4 aromatic heterocycles. The Labute approximate surface area is 156 Å². The Morgan fingerprint density at radius 1 is 1.07 bits per heavy atom. The Kier molecular flexibility index (Phi) is 4.23. The fourth-order valence-electron chi connectivity index (χ4n) is 2.98. The first-order valence-electron chi connectivity index (χ1n) is 8.73. The smallest absolute Gasteiger partial charge is 0.163 e. The first kappa shape index (κ1) is 17.0. The number of ether oxygens (including phenoxy) is 1. The largest absolute Gasteiger partial charge is 0.496 e. The molecule has 0 bridgehead atoms. The quantitative estimate of drug-likeness (QED) is 0.587. The van der Waals surface area contributed by atoms with Crippen LogP contribution in [-0.4, -0.2) is 36.6 Å². The fourth-order valence-corrected chi connectivity index (χ4v) is 2.98. The monoisotopic (exact) mass is 363 g/mol. The van der Waals surface area contributed by atoms with Gasteiger partial charge < -0.3 is 10.1 Å². The summed E-state index contributed by atoms with van der Waals surface area (Å²) in [5, 5.41) is 13.0. The van der Waals surface area contributed by atoms with E-state index < -0.39 is 0 Å². The van der Waals surface area contributed by atoms with Crippen LogP contribution in [0.3, 0.4) is 0 Å². The van der Waals surface area contributed by atoms with Crippen molar-refractivity contribution in [3.05, 3.63) is 42.2 Å². The normalized spacial score (nSPS) is 11.1. The number of hydrogen-bond acceptors (Lipinski definition) is 6. The SMILES string of the molecule is CCc1cccc(-c2cc(Nc3cc(OC)c4cnn(C)c4n3)n(C)n2)n1. The summed E-state index contributed by atoms with van der Waals surface area (Å²) < 4.78 is 8.98. The van der Waals surface area contributed by atoms with Gasteiger partial charge in [-0.05, 0) is 18.6 Å². The van der Waals surface area contributed by atoms with Crippen LogP contribution in [0.2, 0.25) is 0 Å². The summed E-state index contributed by atoms with van der Waals surface area (Å²) in [6.45, 7) is 2.09. The van der Waals surface area contributed by atoms with Crippen molar-refractivity contribution in [1.29, 1.82) is 0 Å². The predicted octanol–water partition coefficient (Wildman–Crippen LogP) is 3.08. The predicted molar refractivity (Wildman–Crippen MR) is 104 cm³/mol. The van der Waals surface area contributed by atoms with Crippen LogP contribution in [0, 0.1) is 0 Å². The van der Waals surface area contributed by atoms with Gasteiger partial charge in [-0.25, -0.2) is 4.98 Å². The van der Waals surface area contributed by atoms with Gasteiger partial charge in [0.1, 0.15) is 23.1 Å². The van der Waals surface area contributed by atoms with Crippen molar-refractivity contribution in [2.75, 3.05) is 12.4 Å². The minimum atomic E-state index is 0.660. The van der Waals surface area contributed by atoms with Gasteiger partial charge in [0.2, 0.25) is 0 Å². The number of methoxy groups -OCH3 is 1. The van der Waals surface area contributed by atoms with Crippen molar-refractivity contribution in [2.45, 2.75) is 13.3 Å². The summed E-state index contributed by atoms with van der Waals surface area (Å²) in [5.41, 5.74) is 3.45. The molecule has 8 heteroatoms. The molecule has 1 N–H and O–H groups in total. The maximum absolute atomic E-state index is 5.48. The molecule has 0 unspecified atom stereocenters. The summed E-state index contributed by atoms with van der Waals surface area (Å²) in [6, 6.07) is 9.81. The first-order valence-corrected chi connectivity index (χ1v) is 8.73. The van der Waals surface area contributed by atoms with Crippen LogP contribution in [0.25, 0.3) is 22.4 Å². The van der Waals surface area contributed by atoms with Gasteiger partial charge >= 0.3 is 0 Å². The molecule has 0 spiro atoms. The number of aromatic nitrogens is 6. The van der Waals surface area contributed by atoms with Gasteiger partial charge in [-0.3, -0.25) is 14.3 Å². The Bertz CT molecular complexity index is 1110. The van der Waals surface area contributed by atoms with Gasteiger partial charge in [0.25, 0.3) is 0 Å². The minimum Gasteiger partial charge on any atom is -0.496 e. The standard InChI is InChI=1S/C19H21N7O/c1-5-12-7-6-8-14(21-12)15-9-18(25(2)24-15)22-17-10-16(27-4)13-11-20-26(3)19(13)23-17/h6-11H,5H2,1-4H3,(H,22,23). The molecule has 138 valence electrons. The number of nitrogens with zero attached hydrogens (tertiary/aromatic N) is 6. The maximum atomic E-state index is 5.48. The van der Waals surface area contributed by atoms with E-state index in [1.165, 1.54) is 0 Å². The second-order valence-corrected chi connectivity index (χ2v) is 6.25. The van der Waals surface area contributed by atoms with Crippen molar-refractivity contribution in [3.8, 4) is 17.1 Å². The van der Waals surface area contributed by atoms with E-state index in [0.29, 0.717) is 5.82 Å². The van der Waals surface area contributed by atoms with Crippen LogP contribution < -0.4 is 10.1 Å². The molecule has 0 aromatic carbocycles. The number of nitrogens with one attached hydrogen (secondary N) is 1. The number of fused-ring (bicyclic) bond motifs is 1. The second kappa shape index (κ2) is 6.71. The second-order valence-electron chi connectivity index (χ2n) is 6.25. The van der Waals surface area contributed by atoms with Crippen LogP contribution in [0.15, 0.2) is 36.5 Å². The van der Waals surface area contributed by atoms with Gasteiger partial charge in [-0.1, -0.05) is 13.0 Å². The molecule has 0 saturated heterocycles. The lowest BCUT2D eigenvalue weighted by atomic mass is 10.2. The maximum Gasteiger partial charge on any atom is 0.163 e. The summed E-state index contributed by atoms with van der Waals surface area (Å²) in [5.74, 6) is 2.19. The molecule has 4 rings (SSSR count). The summed E-state index contributed by atoms with van der Waals surface area (Å²) in [6.07, 6.45) is 2.64. The Balaban J connectivity index is 1.70. The zero-order valence-electron chi connectivity index (χ0n) is 15.8. The molecule has 27 heavy (non-hydrogen) atoms. The Morgan fingerprint density at radius 3 is 2.70 bits per heavy atom. The van der Waals surface area contributed by atoms with E-state index in [9.17, 15) is 0 Å². The van der Waals surface area contributed by atoms with Crippen LogP contribution in [0.5, 0.6) is 5.75 Å². The highest BCUT2D eigenvalue weighted by Gasteiger charge is 2.13. The fraction of sp³-hybridized carbons (Fsp3) is 0.263. The highest BCUT2D eigenvalue weighted by Crippen LogP contribution is 2.29. The highest BCUT2D eigenvalue weighted by atomic mass is 16.5. The zero-order chi connectivity index (χ0) is 19.0. The van der Waals surface area contributed by atoms with E-state index in [1.807, 2.05) is 44.4 Å². The van der Waals surface area contributed by atoms with Crippen molar-refractivity contribution >= 4 is 22.7 Å². The number of aryl methyl sites for hydroxylation is 3. The van der Waals surface area contributed by atoms with E-state index in [-0.39, 0.29) is 0 Å². The zero-order valence-corrected chi connectivity index (χ0v) is 15.8. The van der Waals surface area contributed by atoms with Crippen LogP contribution in [0.1, 0.15) is 12.6 Å². The lowest BCUT2D eigenvalue weighted by Gasteiger charge is -2.08. The lowest BCUT2D eigenvalue weighted by Crippen LogP contribution is -2.02. The summed E-state index contributed by atoms with van der Waals surface area (Å²) in [4.78, 5) is 9.29. The average molecular weight is 363 g/mol. The van der Waals surface area contributed by atoms with Gasteiger partial charge in [0, 0.05) is 31.9 Å². The third kappa shape index (κ3) is 3.10. The molecular formula is C19H21N7O. The molecule has 0 aliphatic rings. The van der Waals surface area contributed by atoms with Crippen LogP contribution >= 0.6 is 0 Å². The highest BCUT2D eigenvalue weighted by molar-refractivity contribution is 5.84. The first-order chi connectivity index (χ1) is 13.1. The van der Waals surface area contributed by atoms with Crippen LogP contribution in [0.4, 0.5) is 11.6 Å². The molecule has 0 saturated carbocycles. The number of rotatable bonds is 5. The molecule has 8 nitrogen and oxygen atoms in total. The molecule has 0 fully saturated rings. The molecule has 4 aromatic rings. The molecule has 0 aliphatic heterocycles. The third-order valence-corrected chi connectivity index (χ3v) is 4.45. The van der Waals surface area contributed by atoms with Gasteiger partial charge in [-0.15, -0.1) is 0 Å². The topological polar surface area (TPSA) is 82.7 Å². The van der Waals surface area contributed by atoms with E-state index in [2.05, 4.69) is 32.4 Å². The van der Waals surface area contributed by atoms with Crippen molar-refractivity contribution in [3.63, 3.8) is 0 Å². The Morgan fingerprint density at radius 2 is 1.93 bits per heavy atom. The lowest BCUT2D eigenvalue weighted by molar-refractivity contribution is 0.419. The average Bonchev–Trinajstić information content (AvgIpc) is 3.24. The van der Waals surface area contributed by atoms with Crippen LogP contribution in [-0.2, 0) is 20.5 Å². The number of anilines is 2. The summed E-state index contributed by atoms with van der Waals surface area (Å²) in [7, 11) is 5.38. The molecule has 0 aliphatic carbocycles. The number of pyridine rings is 2. The molecule has 4 heterocycles. The van der Waals surface area contributed by atoms with Gasteiger partial charge in [0.15, 0.2) is 5.65 Å². The Hall–Kier alpha value is -3.42. The van der Waals surface area contributed by atoms with Crippen molar-refractivity contribution in [1.82, 2.24) is 29.5 Å². The van der Waals surface area contributed by atoms with E-state index in [1.54, 1.807) is 22.7 Å². The minimum absolute atomic E-state index is 0.660.